The second-order valence-electron chi connectivity index (χ2n) is 4.87. The van der Waals surface area contributed by atoms with Crippen molar-refractivity contribution in [3.05, 3.63) is 34.9 Å². The Morgan fingerprint density at radius 3 is 2.64 bits per heavy atom. The summed E-state index contributed by atoms with van der Waals surface area (Å²) in [6, 6.07) is 6.98. The van der Waals surface area contributed by atoms with Gasteiger partial charge in [0.15, 0.2) is 0 Å². The van der Waals surface area contributed by atoms with Crippen molar-refractivity contribution < 1.29 is 0 Å². The van der Waals surface area contributed by atoms with Gasteiger partial charge in [0.25, 0.3) is 0 Å². The Hall–Kier alpha value is -0.820. The van der Waals surface area contributed by atoms with Gasteiger partial charge >= 0.3 is 0 Å². The normalized spacial score (nSPS) is 16.3. The average molecular weight is 189 g/mol. The lowest BCUT2D eigenvalue weighted by Gasteiger charge is -2.06. The summed E-state index contributed by atoms with van der Waals surface area (Å²) in [5.41, 5.74) is 4.54. The molecule has 76 valence electrons. The highest BCUT2D eigenvalue weighted by atomic mass is 15.1. The largest absolute Gasteiger partial charge is 0.298 e. The van der Waals surface area contributed by atoms with Crippen LogP contribution in [0.4, 0.5) is 0 Å². The smallest absolute Gasteiger partial charge is 0.0237 e. The van der Waals surface area contributed by atoms with Crippen LogP contribution in [0, 0.1) is 5.92 Å². The van der Waals surface area contributed by atoms with Gasteiger partial charge in [-0.25, -0.2) is 0 Å². The Kier molecular flexibility index (Phi) is 2.60. The van der Waals surface area contributed by atoms with Crippen molar-refractivity contribution >= 4 is 0 Å². The molecule has 1 aromatic carbocycles. The van der Waals surface area contributed by atoms with Crippen LogP contribution in [0.3, 0.4) is 0 Å². The first-order valence-electron chi connectivity index (χ1n) is 5.44. The molecule has 1 aliphatic heterocycles. The van der Waals surface area contributed by atoms with Crippen LogP contribution in [0.15, 0.2) is 18.2 Å². The summed E-state index contributed by atoms with van der Waals surface area (Å²) in [4.78, 5) is 2.36. The maximum atomic E-state index is 2.39. The average Bonchev–Trinajstić information content (AvgIpc) is 2.42. The van der Waals surface area contributed by atoms with Gasteiger partial charge < -0.3 is 0 Å². The van der Waals surface area contributed by atoms with Crippen LogP contribution >= 0.6 is 0 Å². The Morgan fingerprint density at radius 1 is 1.21 bits per heavy atom. The van der Waals surface area contributed by atoms with E-state index in [4.69, 9.17) is 0 Å². The molecular weight excluding hydrogens is 170 g/mol. The minimum Gasteiger partial charge on any atom is -0.298 e. The Labute approximate surface area is 86.7 Å². The Bertz CT molecular complexity index is 328. The molecule has 1 nitrogen and oxygen atoms in total. The van der Waals surface area contributed by atoms with Crippen LogP contribution in [0.1, 0.15) is 30.5 Å². The standard InChI is InChI=1S/C13H19N/c1-10(2)6-11-4-5-12-8-14(3)9-13(12)7-11/h4-5,7,10H,6,8-9H2,1-3H3. The first-order chi connectivity index (χ1) is 6.65. The molecule has 1 aromatic rings. The van der Waals surface area contributed by atoms with Crippen LogP contribution in [0.25, 0.3) is 0 Å². The Morgan fingerprint density at radius 2 is 1.93 bits per heavy atom. The zero-order valence-corrected chi connectivity index (χ0v) is 9.38. The topological polar surface area (TPSA) is 3.24 Å². The lowest BCUT2D eigenvalue weighted by molar-refractivity contribution is 0.353. The van der Waals surface area contributed by atoms with Gasteiger partial charge in [0.05, 0.1) is 0 Å². The van der Waals surface area contributed by atoms with E-state index >= 15 is 0 Å². The van der Waals surface area contributed by atoms with E-state index in [0.717, 1.165) is 19.0 Å². The number of hydrogen-bond donors (Lipinski definition) is 0. The van der Waals surface area contributed by atoms with E-state index in [1.54, 1.807) is 0 Å². The highest BCUT2D eigenvalue weighted by Crippen LogP contribution is 2.23. The van der Waals surface area contributed by atoms with Gasteiger partial charge in [-0.3, -0.25) is 4.90 Å². The molecule has 0 amide bonds. The van der Waals surface area contributed by atoms with Gasteiger partial charge in [0.2, 0.25) is 0 Å². The van der Waals surface area contributed by atoms with Crippen molar-refractivity contribution in [1.29, 1.82) is 0 Å². The molecule has 2 rings (SSSR count). The molecule has 14 heavy (non-hydrogen) atoms. The highest BCUT2D eigenvalue weighted by Gasteiger charge is 2.15. The monoisotopic (exact) mass is 189 g/mol. The van der Waals surface area contributed by atoms with Crippen molar-refractivity contribution in [2.75, 3.05) is 7.05 Å². The van der Waals surface area contributed by atoms with E-state index in [1.165, 1.54) is 23.1 Å². The summed E-state index contributed by atoms with van der Waals surface area (Å²) in [7, 11) is 2.18. The molecule has 0 fully saturated rings. The van der Waals surface area contributed by atoms with E-state index in [0.29, 0.717) is 0 Å². The minimum atomic E-state index is 0.757. The summed E-state index contributed by atoms with van der Waals surface area (Å²) < 4.78 is 0. The minimum absolute atomic E-state index is 0.757. The third kappa shape index (κ3) is 1.98. The number of fused-ring (bicyclic) bond motifs is 1. The second kappa shape index (κ2) is 3.74. The summed E-state index contributed by atoms with van der Waals surface area (Å²) in [5, 5.41) is 0. The van der Waals surface area contributed by atoms with E-state index < -0.39 is 0 Å². The van der Waals surface area contributed by atoms with Gasteiger partial charge in [-0.05, 0) is 36.1 Å². The van der Waals surface area contributed by atoms with Crippen LogP contribution in [0.2, 0.25) is 0 Å². The third-order valence-corrected chi connectivity index (χ3v) is 2.80. The predicted molar refractivity (Wildman–Crippen MR) is 60.2 cm³/mol. The van der Waals surface area contributed by atoms with Crippen molar-refractivity contribution in [2.24, 2.45) is 5.92 Å². The number of rotatable bonds is 2. The van der Waals surface area contributed by atoms with Crippen molar-refractivity contribution in [1.82, 2.24) is 4.90 Å². The molecule has 0 saturated carbocycles. The third-order valence-electron chi connectivity index (χ3n) is 2.80. The van der Waals surface area contributed by atoms with Gasteiger partial charge in [-0.1, -0.05) is 32.0 Å². The zero-order valence-electron chi connectivity index (χ0n) is 9.38. The molecule has 0 bridgehead atoms. The van der Waals surface area contributed by atoms with Crippen LogP contribution < -0.4 is 0 Å². The quantitative estimate of drug-likeness (QED) is 0.691. The van der Waals surface area contributed by atoms with E-state index in [9.17, 15) is 0 Å². The lowest BCUT2D eigenvalue weighted by Crippen LogP contribution is -2.07. The lowest BCUT2D eigenvalue weighted by atomic mass is 9.99. The first kappa shape index (κ1) is 9.72. The molecule has 0 N–H and O–H groups in total. The molecule has 0 radical (unpaired) electrons. The molecule has 1 heterocycles. The molecular formula is C13H19N. The molecule has 0 spiro atoms. The number of nitrogens with zero attached hydrogens (tertiary/aromatic N) is 1. The fraction of sp³-hybridized carbons (Fsp3) is 0.538. The van der Waals surface area contributed by atoms with E-state index in [-0.39, 0.29) is 0 Å². The molecule has 0 aliphatic carbocycles. The molecule has 0 unspecified atom stereocenters. The van der Waals surface area contributed by atoms with Crippen molar-refractivity contribution in [3.63, 3.8) is 0 Å². The summed E-state index contributed by atoms with van der Waals surface area (Å²) >= 11 is 0. The number of benzene rings is 1. The summed E-state index contributed by atoms with van der Waals surface area (Å²) in [5.74, 6) is 0.757. The maximum absolute atomic E-state index is 2.39. The fourth-order valence-electron chi connectivity index (χ4n) is 2.22. The fourth-order valence-corrected chi connectivity index (χ4v) is 2.22. The van der Waals surface area contributed by atoms with Crippen LogP contribution in [0.5, 0.6) is 0 Å². The van der Waals surface area contributed by atoms with Crippen molar-refractivity contribution in [2.45, 2.75) is 33.4 Å². The first-order valence-corrected chi connectivity index (χ1v) is 5.44. The molecule has 1 aliphatic rings. The molecule has 1 heteroatoms. The SMILES string of the molecule is CC(C)Cc1ccc2c(c1)CN(C)C2. The molecule has 0 aromatic heterocycles. The maximum Gasteiger partial charge on any atom is 0.0237 e. The van der Waals surface area contributed by atoms with Gasteiger partial charge in [0, 0.05) is 13.1 Å². The second-order valence-corrected chi connectivity index (χ2v) is 4.87. The Balaban J connectivity index is 2.20. The van der Waals surface area contributed by atoms with E-state index in [1.807, 2.05) is 0 Å². The summed E-state index contributed by atoms with van der Waals surface area (Å²) in [6.07, 6.45) is 1.21. The van der Waals surface area contributed by atoms with Crippen molar-refractivity contribution in [3.8, 4) is 0 Å². The number of hydrogen-bond acceptors (Lipinski definition) is 1. The van der Waals surface area contributed by atoms with Gasteiger partial charge in [0.1, 0.15) is 0 Å². The highest BCUT2D eigenvalue weighted by molar-refractivity contribution is 5.34. The van der Waals surface area contributed by atoms with Crippen LogP contribution in [-0.2, 0) is 19.5 Å². The van der Waals surface area contributed by atoms with Crippen LogP contribution in [-0.4, -0.2) is 11.9 Å². The molecule has 0 atom stereocenters. The molecule has 0 saturated heterocycles. The zero-order chi connectivity index (χ0) is 10.1. The van der Waals surface area contributed by atoms with Gasteiger partial charge in [-0.2, -0.15) is 0 Å². The summed E-state index contributed by atoms with van der Waals surface area (Å²) in [6.45, 7) is 6.80. The van der Waals surface area contributed by atoms with Gasteiger partial charge in [-0.15, -0.1) is 0 Å². The predicted octanol–water partition coefficient (Wildman–Crippen LogP) is 2.83. The van der Waals surface area contributed by atoms with E-state index in [2.05, 4.69) is 44.0 Å².